The quantitative estimate of drug-likeness (QED) is 0.449. The predicted octanol–water partition coefficient (Wildman–Crippen LogP) is 7.56. The molecule has 0 aliphatic heterocycles. The molecule has 0 N–H and O–H groups in total. The fourth-order valence-corrected chi connectivity index (χ4v) is 3.70. The lowest BCUT2D eigenvalue weighted by molar-refractivity contribution is 0.218. The van der Waals surface area contributed by atoms with E-state index in [1.54, 1.807) is 0 Å². The number of hydrogen-bond acceptors (Lipinski definition) is 2. The molecule has 0 unspecified atom stereocenters. The Morgan fingerprint density at radius 3 is 2.09 bits per heavy atom. The average molecular weight is 338 g/mol. The zero-order valence-corrected chi connectivity index (χ0v) is 17.4. The molecule has 0 aliphatic rings. The first-order valence-electron chi connectivity index (χ1n) is 9.51. The van der Waals surface area contributed by atoms with Crippen LogP contribution in [0.15, 0.2) is 23.2 Å². The van der Waals surface area contributed by atoms with E-state index in [1.165, 1.54) is 48.2 Å². The standard InChI is InChI=1S/C18H31NS.C3H8/c1-6-9-16(5)19(17(10-7-2)11-8-3)14-18-15(4)12-13-20-18;1-3-2/h9,12-13,17H,6-8,10-11,14H2,1-5H3;3H2,1-2H3/b16-9+;. The fourth-order valence-electron chi connectivity index (χ4n) is 2.80. The molecule has 0 saturated carbocycles. The molecule has 0 spiro atoms. The van der Waals surface area contributed by atoms with Crippen molar-refractivity contribution in [3.05, 3.63) is 33.7 Å². The summed E-state index contributed by atoms with van der Waals surface area (Å²) in [6, 6.07) is 2.93. The Morgan fingerprint density at radius 1 is 1.13 bits per heavy atom. The van der Waals surface area contributed by atoms with Gasteiger partial charge in [-0.2, -0.15) is 0 Å². The predicted molar refractivity (Wildman–Crippen MR) is 108 cm³/mol. The van der Waals surface area contributed by atoms with E-state index in [1.807, 2.05) is 11.3 Å². The summed E-state index contributed by atoms with van der Waals surface area (Å²) < 4.78 is 0. The monoisotopic (exact) mass is 337 g/mol. The van der Waals surface area contributed by atoms with E-state index in [0.29, 0.717) is 6.04 Å². The van der Waals surface area contributed by atoms with Gasteiger partial charge >= 0.3 is 0 Å². The molecule has 0 bridgehead atoms. The molecule has 0 aromatic carbocycles. The van der Waals surface area contributed by atoms with Crippen molar-refractivity contribution in [2.45, 2.75) is 99.6 Å². The molecule has 23 heavy (non-hydrogen) atoms. The van der Waals surface area contributed by atoms with Crippen LogP contribution in [0.25, 0.3) is 0 Å². The Kier molecular flexibility index (Phi) is 13.2. The highest BCUT2D eigenvalue weighted by Crippen LogP contribution is 2.25. The van der Waals surface area contributed by atoms with Gasteiger partial charge in [-0.15, -0.1) is 11.3 Å². The Hall–Kier alpha value is -0.760. The van der Waals surface area contributed by atoms with Crippen molar-refractivity contribution in [3.8, 4) is 0 Å². The van der Waals surface area contributed by atoms with Crippen molar-refractivity contribution < 1.29 is 0 Å². The first-order chi connectivity index (χ1) is 11.0. The summed E-state index contributed by atoms with van der Waals surface area (Å²) in [6.07, 6.45) is 9.88. The summed E-state index contributed by atoms with van der Waals surface area (Å²) in [4.78, 5) is 4.17. The maximum absolute atomic E-state index is 2.65. The van der Waals surface area contributed by atoms with Gasteiger partial charge in [0, 0.05) is 16.6 Å². The second-order valence-electron chi connectivity index (χ2n) is 6.35. The van der Waals surface area contributed by atoms with Gasteiger partial charge in [0.05, 0.1) is 6.54 Å². The van der Waals surface area contributed by atoms with Gasteiger partial charge in [0.2, 0.25) is 0 Å². The lowest BCUT2D eigenvalue weighted by atomic mass is 10.0. The minimum atomic E-state index is 0.689. The first kappa shape index (κ1) is 22.2. The maximum Gasteiger partial charge on any atom is 0.0525 e. The molecule has 0 amide bonds. The van der Waals surface area contributed by atoms with Crippen molar-refractivity contribution in [2.75, 3.05) is 0 Å². The van der Waals surface area contributed by atoms with E-state index in [4.69, 9.17) is 0 Å². The fraction of sp³-hybridized carbons (Fsp3) is 0.714. The minimum absolute atomic E-state index is 0.689. The van der Waals surface area contributed by atoms with Crippen LogP contribution >= 0.6 is 11.3 Å². The minimum Gasteiger partial charge on any atom is -0.367 e. The Balaban J connectivity index is 0.00000149. The number of hydrogen-bond donors (Lipinski definition) is 0. The average Bonchev–Trinajstić information content (AvgIpc) is 2.91. The van der Waals surface area contributed by atoms with Crippen molar-refractivity contribution in [3.63, 3.8) is 0 Å². The van der Waals surface area contributed by atoms with Crippen LogP contribution in [0.1, 0.15) is 90.5 Å². The van der Waals surface area contributed by atoms with Gasteiger partial charge in [0.1, 0.15) is 0 Å². The molecule has 1 nitrogen and oxygen atoms in total. The van der Waals surface area contributed by atoms with Gasteiger partial charge in [-0.25, -0.2) is 0 Å². The lowest BCUT2D eigenvalue weighted by Gasteiger charge is -2.34. The summed E-state index contributed by atoms with van der Waals surface area (Å²) in [5, 5.41) is 2.22. The Labute approximate surface area is 149 Å². The molecule has 0 atom stereocenters. The highest BCUT2D eigenvalue weighted by atomic mass is 32.1. The highest BCUT2D eigenvalue weighted by Gasteiger charge is 2.18. The molecular formula is C21H39NS. The highest BCUT2D eigenvalue weighted by molar-refractivity contribution is 7.10. The summed E-state index contributed by atoms with van der Waals surface area (Å²) in [7, 11) is 0. The molecule has 0 aliphatic carbocycles. The third-order valence-electron chi connectivity index (χ3n) is 3.92. The summed E-state index contributed by atoms with van der Waals surface area (Å²) >= 11 is 1.90. The molecule has 1 rings (SSSR count). The van der Waals surface area contributed by atoms with Crippen LogP contribution in [0.3, 0.4) is 0 Å². The van der Waals surface area contributed by atoms with E-state index < -0.39 is 0 Å². The number of allylic oxidation sites excluding steroid dienone is 2. The molecule has 1 aromatic heterocycles. The van der Waals surface area contributed by atoms with Gasteiger partial charge in [-0.05, 0) is 50.1 Å². The van der Waals surface area contributed by atoms with Crippen LogP contribution in [-0.4, -0.2) is 10.9 Å². The van der Waals surface area contributed by atoms with E-state index in [0.717, 1.165) is 13.0 Å². The number of aryl methyl sites for hydroxylation is 1. The smallest absolute Gasteiger partial charge is 0.0525 e. The summed E-state index contributed by atoms with van der Waals surface area (Å²) in [5.41, 5.74) is 2.89. The van der Waals surface area contributed by atoms with Crippen LogP contribution in [0, 0.1) is 6.92 Å². The first-order valence-corrected chi connectivity index (χ1v) is 10.4. The third-order valence-corrected chi connectivity index (χ3v) is 4.93. The molecule has 134 valence electrons. The van der Waals surface area contributed by atoms with Crippen molar-refractivity contribution in [1.29, 1.82) is 0 Å². The van der Waals surface area contributed by atoms with E-state index in [9.17, 15) is 0 Å². The molecular weight excluding hydrogens is 298 g/mol. The molecule has 2 heteroatoms. The van der Waals surface area contributed by atoms with Crippen LogP contribution in [0.4, 0.5) is 0 Å². The lowest BCUT2D eigenvalue weighted by Crippen LogP contribution is -2.33. The van der Waals surface area contributed by atoms with E-state index in [-0.39, 0.29) is 0 Å². The van der Waals surface area contributed by atoms with E-state index >= 15 is 0 Å². The van der Waals surface area contributed by atoms with Crippen LogP contribution in [-0.2, 0) is 6.54 Å². The van der Waals surface area contributed by atoms with Crippen LogP contribution in [0.5, 0.6) is 0 Å². The van der Waals surface area contributed by atoms with Gasteiger partial charge in [-0.1, -0.05) is 60.0 Å². The summed E-state index contributed by atoms with van der Waals surface area (Å²) in [5.74, 6) is 0. The molecule has 1 aromatic rings. The zero-order chi connectivity index (χ0) is 17.7. The molecule has 0 fully saturated rings. The Bertz CT molecular complexity index is 413. The second kappa shape index (κ2) is 13.7. The second-order valence-corrected chi connectivity index (χ2v) is 7.35. The number of rotatable bonds is 9. The molecule has 1 heterocycles. The maximum atomic E-state index is 2.65. The molecule has 0 radical (unpaired) electrons. The summed E-state index contributed by atoms with van der Waals surface area (Å²) in [6.45, 7) is 16.7. The Morgan fingerprint density at radius 2 is 1.70 bits per heavy atom. The molecule has 0 saturated heterocycles. The van der Waals surface area contributed by atoms with Crippen molar-refractivity contribution in [2.24, 2.45) is 0 Å². The van der Waals surface area contributed by atoms with Crippen LogP contribution < -0.4 is 0 Å². The van der Waals surface area contributed by atoms with Crippen molar-refractivity contribution in [1.82, 2.24) is 4.90 Å². The van der Waals surface area contributed by atoms with Crippen LogP contribution in [0.2, 0.25) is 0 Å². The zero-order valence-electron chi connectivity index (χ0n) is 16.6. The normalized spacial score (nSPS) is 11.4. The third kappa shape index (κ3) is 8.60. The SMILES string of the molecule is CC/C=C(\C)N(Cc1sccc1C)C(CCC)CCC.CCC. The largest absolute Gasteiger partial charge is 0.367 e. The number of nitrogens with zero attached hydrogens (tertiary/aromatic N) is 1. The van der Waals surface area contributed by atoms with Gasteiger partial charge < -0.3 is 4.90 Å². The number of thiophene rings is 1. The van der Waals surface area contributed by atoms with Crippen molar-refractivity contribution >= 4 is 11.3 Å². The van der Waals surface area contributed by atoms with Gasteiger partial charge in [0.25, 0.3) is 0 Å². The van der Waals surface area contributed by atoms with Gasteiger partial charge in [-0.3, -0.25) is 0 Å². The topological polar surface area (TPSA) is 3.24 Å². The van der Waals surface area contributed by atoms with Gasteiger partial charge in [0.15, 0.2) is 0 Å². The van der Waals surface area contributed by atoms with E-state index in [2.05, 4.69) is 70.9 Å².